The molecule has 0 aromatic heterocycles. The van der Waals surface area contributed by atoms with Crippen LogP contribution in [0.15, 0.2) is 24.3 Å². The zero-order valence-corrected chi connectivity index (χ0v) is 12.6. The molecule has 0 saturated carbocycles. The van der Waals surface area contributed by atoms with E-state index in [1.165, 1.54) is 6.92 Å². The zero-order valence-electron chi connectivity index (χ0n) is 11.8. The number of aliphatic hydroxyl groups excluding tert-OH is 1. The Hall–Kier alpha value is -1.10. The monoisotopic (exact) mass is 286 g/mol. The Balaban J connectivity index is 0.00000324. The molecule has 2 atom stereocenters. The average Bonchev–Trinajstić information content (AvgIpc) is 2.26. The molecule has 1 rings (SSSR count). The number of aliphatic hydroxyl groups is 1. The Morgan fingerprint density at radius 3 is 2.11 bits per heavy atom. The van der Waals surface area contributed by atoms with Gasteiger partial charge in [0.05, 0.1) is 12.1 Å². The largest absolute Gasteiger partial charge is 0.391 e. The van der Waals surface area contributed by atoms with Gasteiger partial charge in [-0.25, -0.2) is 0 Å². The van der Waals surface area contributed by atoms with E-state index in [1.54, 1.807) is 12.1 Å². The van der Waals surface area contributed by atoms with Crippen LogP contribution < -0.4 is 11.1 Å². The van der Waals surface area contributed by atoms with Crippen LogP contribution in [0.3, 0.4) is 0 Å². The number of nitrogens with one attached hydrogen (secondary N) is 1. The highest BCUT2D eigenvalue weighted by Gasteiger charge is 2.28. The first kappa shape index (κ1) is 17.9. The fourth-order valence-corrected chi connectivity index (χ4v) is 1.71. The number of carbonyl (C=O) groups is 1. The van der Waals surface area contributed by atoms with Gasteiger partial charge < -0.3 is 16.2 Å². The van der Waals surface area contributed by atoms with Gasteiger partial charge in [0.25, 0.3) is 0 Å². The van der Waals surface area contributed by atoms with Gasteiger partial charge in [0.15, 0.2) is 0 Å². The Morgan fingerprint density at radius 1 is 1.26 bits per heavy atom. The lowest BCUT2D eigenvalue weighted by molar-refractivity contribution is -0.114. The number of anilines is 1. The summed E-state index contributed by atoms with van der Waals surface area (Å²) in [6.07, 6.45) is -0.621. The van der Waals surface area contributed by atoms with E-state index in [0.29, 0.717) is 0 Å². The topological polar surface area (TPSA) is 75.4 Å². The number of carbonyl (C=O) groups excluding carboxylic acids is 1. The number of rotatable bonds is 3. The van der Waals surface area contributed by atoms with Crippen LogP contribution in [0.5, 0.6) is 0 Å². The Labute approximate surface area is 120 Å². The quantitative estimate of drug-likeness (QED) is 0.799. The molecule has 0 fully saturated rings. The van der Waals surface area contributed by atoms with E-state index in [2.05, 4.69) is 5.32 Å². The van der Waals surface area contributed by atoms with E-state index in [-0.39, 0.29) is 23.7 Å². The Kier molecular flexibility index (Phi) is 6.49. The van der Waals surface area contributed by atoms with Gasteiger partial charge in [-0.15, -0.1) is 12.4 Å². The summed E-state index contributed by atoms with van der Waals surface area (Å²) < 4.78 is 0. The van der Waals surface area contributed by atoms with E-state index >= 15 is 0 Å². The predicted molar refractivity (Wildman–Crippen MR) is 80.4 cm³/mol. The van der Waals surface area contributed by atoms with Gasteiger partial charge in [0, 0.05) is 12.6 Å². The van der Waals surface area contributed by atoms with Gasteiger partial charge in [-0.1, -0.05) is 32.9 Å². The van der Waals surface area contributed by atoms with Crippen LogP contribution in [0.4, 0.5) is 5.69 Å². The van der Waals surface area contributed by atoms with Gasteiger partial charge in [-0.3, -0.25) is 4.79 Å². The maximum Gasteiger partial charge on any atom is 0.221 e. The SMILES string of the molecule is CC(=O)Nc1ccc([C@@H](N)[C@@H](O)C(C)(C)C)cc1.Cl. The van der Waals surface area contributed by atoms with Crippen molar-refractivity contribution in [3.63, 3.8) is 0 Å². The van der Waals surface area contributed by atoms with Gasteiger partial charge in [0.1, 0.15) is 0 Å². The summed E-state index contributed by atoms with van der Waals surface area (Å²) in [5, 5.41) is 12.8. The summed E-state index contributed by atoms with van der Waals surface area (Å²) >= 11 is 0. The molecule has 0 saturated heterocycles. The predicted octanol–water partition coefficient (Wildman–Crippen LogP) is 2.47. The van der Waals surface area contributed by atoms with Crippen molar-refractivity contribution in [2.75, 3.05) is 5.32 Å². The van der Waals surface area contributed by atoms with E-state index in [4.69, 9.17) is 5.73 Å². The maximum atomic E-state index is 10.9. The van der Waals surface area contributed by atoms with Crippen molar-refractivity contribution in [3.05, 3.63) is 29.8 Å². The van der Waals surface area contributed by atoms with Crippen LogP contribution in [0.25, 0.3) is 0 Å². The molecule has 4 nitrogen and oxygen atoms in total. The van der Waals surface area contributed by atoms with Crippen LogP contribution in [-0.4, -0.2) is 17.1 Å². The standard InChI is InChI=1S/C14H22N2O2.ClH/c1-9(17)16-11-7-5-10(6-8-11)12(15)13(18)14(2,3)4;/h5-8,12-13,18H,15H2,1-4H3,(H,16,17);1H/t12-,13-;/m1./s1. The van der Waals surface area contributed by atoms with E-state index in [0.717, 1.165) is 11.3 Å². The molecule has 108 valence electrons. The molecular formula is C14H23ClN2O2. The molecule has 1 aromatic carbocycles. The first-order valence-corrected chi connectivity index (χ1v) is 6.03. The highest BCUT2D eigenvalue weighted by atomic mass is 35.5. The fourth-order valence-electron chi connectivity index (χ4n) is 1.71. The molecule has 19 heavy (non-hydrogen) atoms. The summed E-state index contributed by atoms with van der Waals surface area (Å²) in [5.74, 6) is -0.109. The smallest absolute Gasteiger partial charge is 0.221 e. The number of hydrogen-bond acceptors (Lipinski definition) is 3. The minimum Gasteiger partial charge on any atom is -0.391 e. The van der Waals surface area contributed by atoms with E-state index < -0.39 is 12.1 Å². The number of nitrogens with two attached hydrogens (primary N) is 1. The molecule has 0 radical (unpaired) electrons. The Morgan fingerprint density at radius 2 is 1.74 bits per heavy atom. The van der Waals surface area contributed by atoms with Crippen LogP contribution in [-0.2, 0) is 4.79 Å². The molecule has 0 spiro atoms. The molecule has 1 aromatic rings. The zero-order chi connectivity index (χ0) is 13.9. The minimum atomic E-state index is -0.621. The second-order valence-corrected chi connectivity index (χ2v) is 5.64. The van der Waals surface area contributed by atoms with Crippen LogP contribution >= 0.6 is 12.4 Å². The highest BCUT2D eigenvalue weighted by molar-refractivity contribution is 5.88. The highest BCUT2D eigenvalue weighted by Crippen LogP contribution is 2.28. The number of halogens is 1. The van der Waals surface area contributed by atoms with Crippen molar-refractivity contribution < 1.29 is 9.90 Å². The lowest BCUT2D eigenvalue weighted by Crippen LogP contribution is -2.36. The molecule has 0 aliphatic carbocycles. The second kappa shape index (κ2) is 6.89. The van der Waals surface area contributed by atoms with Gasteiger partial charge in [-0.05, 0) is 23.1 Å². The van der Waals surface area contributed by atoms with Crippen molar-refractivity contribution in [2.24, 2.45) is 11.1 Å². The summed E-state index contributed by atoms with van der Waals surface area (Å²) in [6, 6.07) is 6.78. The molecule has 0 aliphatic rings. The maximum absolute atomic E-state index is 10.9. The molecule has 1 amide bonds. The summed E-state index contributed by atoms with van der Waals surface area (Å²) in [7, 11) is 0. The van der Waals surface area contributed by atoms with Gasteiger partial charge in [-0.2, -0.15) is 0 Å². The lowest BCUT2D eigenvalue weighted by Gasteiger charge is -2.31. The molecule has 0 bridgehead atoms. The van der Waals surface area contributed by atoms with Crippen molar-refractivity contribution in [3.8, 4) is 0 Å². The van der Waals surface area contributed by atoms with Crippen molar-refractivity contribution in [1.82, 2.24) is 0 Å². The lowest BCUT2D eigenvalue weighted by atomic mass is 9.82. The average molecular weight is 287 g/mol. The summed E-state index contributed by atoms with van der Waals surface area (Å²) in [5.41, 5.74) is 7.35. The van der Waals surface area contributed by atoms with Crippen molar-refractivity contribution >= 4 is 24.0 Å². The molecule has 0 heterocycles. The fraction of sp³-hybridized carbons (Fsp3) is 0.500. The van der Waals surface area contributed by atoms with E-state index in [1.807, 2.05) is 32.9 Å². The van der Waals surface area contributed by atoms with Crippen molar-refractivity contribution in [1.29, 1.82) is 0 Å². The van der Waals surface area contributed by atoms with Crippen molar-refractivity contribution in [2.45, 2.75) is 39.8 Å². The number of benzene rings is 1. The third kappa shape index (κ3) is 5.19. The first-order valence-electron chi connectivity index (χ1n) is 6.03. The molecule has 4 N–H and O–H groups in total. The first-order chi connectivity index (χ1) is 8.21. The summed E-state index contributed by atoms with van der Waals surface area (Å²) in [4.78, 5) is 10.9. The third-order valence-corrected chi connectivity index (χ3v) is 2.84. The number of hydrogen-bond donors (Lipinski definition) is 3. The second-order valence-electron chi connectivity index (χ2n) is 5.64. The molecule has 5 heteroatoms. The van der Waals surface area contributed by atoms with Crippen LogP contribution in [0.1, 0.15) is 39.3 Å². The van der Waals surface area contributed by atoms with Crippen LogP contribution in [0.2, 0.25) is 0 Å². The Bertz CT molecular complexity index is 412. The normalized spacial score (nSPS) is 14.2. The van der Waals surface area contributed by atoms with Gasteiger partial charge in [0.2, 0.25) is 5.91 Å². The summed E-state index contributed by atoms with van der Waals surface area (Å²) in [6.45, 7) is 7.30. The minimum absolute atomic E-state index is 0. The van der Waals surface area contributed by atoms with Crippen LogP contribution in [0, 0.1) is 5.41 Å². The molecule has 0 aliphatic heterocycles. The third-order valence-electron chi connectivity index (χ3n) is 2.84. The van der Waals surface area contributed by atoms with E-state index in [9.17, 15) is 9.90 Å². The van der Waals surface area contributed by atoms with Gasteiger partial charge >= 0.3 is 0 Å². The molecular weight excluding hydrogens is 264 g/mol. The number of amides is 1. The molecule has 0 unspecified atom stereocenters.